The van der Waals surface area contributed by atoms with Crippen molar-refractivity contribution in [3.63, 3.8) is 0 Å². The molecule has 1 aliphatic heterocycles. The third kappa shape index (κ3) is 2.45. The first-order chi connectivity index (χ1) is 7.41. The van der Waals surface area contributed by atoms with Gasteiger partial charge in [0.05, 0.1) is 0 Å². The van der Waals surface area contributed by atoms with E-state index in [1.807, 2.05) is 0 Å². The lowest BCUT2D eigenvalue weighted by Crippen LogP contribution is -2.48. The third-order valence-electron chi connectivity index (χ3n) is 2.58. The van der Waals surface area contributed by atoms with Gasteiger partial charge in [0.2, 0.25) is 6.08 Å². The minimum Gasteiger partial charge on any atom is -0.211 e. The molecule has 0 saturated carbocycles. The number of sulfonamides is 1. The van der Waals surface area contributed by atoms with E-state index < -0.39 is 21.9 Å². The summed E-state index contributed by atoms with van der Waals surface area (Å²) in [5.41, 5.74) is 0. The Balaban J connectivity index is 3.05. The topological polar surface area (TPSA) is 66.8 Å². The van der Waals surface area contributed by atoms with E-state index in [1.165, 1.54) is 6.08 Å². The van der Waals surface area contributed by atoms with Gasteiger partial charge in [-0.25, -0.2) is 13.2 Å². The Bertz CT molecular complexity index is 392. The molecule has 1 heterocycles. The number of hydrogen-bond donors (Lipinski definition) is 0. The van der Waals surface area contributed by atoms with Gasteiger partial charge in [-0.05, 0) is 18.8 Å². The van der Waals surface area contributed by atoms with E-state index in [9.17, 15) is 22.0 Å². The van der Waals surface area contributed by atoms with Crippen LogP contribution in [0.5, 0.6) is 0 Å². The zero-order chi connectivity index (χ0) is 12.3. The average Bonchev–Trinajstić information content (AvgIpc) is 2.20. The predicted octanol–water partition coefficient (Wildman–Crippen LogP) is 0.933. The summed E-state index contributed by atoms with van der Waals surface area (Å²) in [4.78, 5) is 13.5. The SMILES string of the molecule is CC1CCCN(S(=O)(=O)C(F)F)C1N=C=O. The zero-order valence-electron chi connectivity index (χ0n) is 8.64. The van der Waals surface area contributed by atoms with Gasteiger partial charge in [0, 0.05) is 6.54 Å². The quantitative estimate of drug-likeness (QED) is 0.556. The monoisotopic (exact) mass is 254 g/mol. The minimum absolute atomic E-state index is 0.0349. The van der Waals surface area contributed by atoms with Crippen LogP contribution >= 0.6 is 0 Å². The summed E-state index contributed by atoms with van der Waals surface area (Å²) in [6.07, 6.45) is 1.31. The highest BCUT2D eigenvalue weighted by atomic mass is 32.2. The van der Waals surface area contributed by atoms with Crippen LogP contribution in [0.25, 0.3) is 0 Å². The number of carbonyl (C=O) groups excluding carboxylic acids is 1. The van der Waals surface area contributed by atoms with Gasteiger partial charge in [-0.2, -0.15) is 18.1 Å². The molecule has 1 rings (SSSR count). The molecule has 92 valence electrons. The minimum atomic E-state index is -4.68. The predicted molar refractivity (Wildman–Crippen MR) is 51.9 cm³/mol. The number of nitrogens with zero attached hydrogens (tertiary/aromatic N) is 2. The fourth-order valence-electron chi connectivity index (χ4n) is 1.76. The van der Waals surface area contributed by atoms with Gasteiger partial charge in [0.1, 0.15) is 6.17 Å². The largest absolute Gasteiger partial charge is 0.350 e. The molecule has 0 bridgehead atoms. The summed E-state index contributed by atoms with van der Waals surface area (Å²) < 4.78 is 47.9. The maximum Gasteiger partial charge on any atom is 0.350 e. The summed E-state index contributed by atoms with van der Waals surface area (Å²) in [5, 5.41) is 0. The second kappa shape index (κ2) is 4.99. The molecule has 0 spiro atoms. The molecule has 0 N–H and O–H groups in total. The summed E-state index contributed by atoms with van der Waals surface area (Å²) in [6.45, 7) is 1.63. The van der Waals surface area contributed by atoms with Crippen molar-refractivity contribution in [1.82, 2.24) is 4.31 Å². The number of piperidine rings is 1. The van der Waals surface area contributed by atoms with Gasteiger partial charge in [0.25, 0.3) is 10.0 Å². The summed E-state index contributed by atoms with van der Waals surface area (Å²) >= 11 is 0. The number of hydrogen-bond acceptors (Lipinski definition) is 4. The third-order valence-corrected chi connectivity index (χ3v) is 4.08. The fourth-order valence-corrected chi connectivity index (χ4v) is 2.90. The first kappa shape index (κ1) is 13.2. The second-order valence-electron chi connectivity index (χ2n) is 3.67. The first-order valence-electron chi connectivity index (χ1n) is 4.77. The number of rotatable bonds is 3. The Morgan fingerprint density at radius 2 is 2.12 bits per heavy atom. The van der Waals surface area contributed by atoms with Crippen molar-refractivity contribution in [3.8, 4) is 0 Å². The van der Waals surface area contributed by atoms with Crippen molar-refractivity contribution in [3.05, 3.63) is 0 Å². The molecule has 16 heavy (non-hydrogen) atoms. The maximum absolute atomic E-state index is 12.4. The number of halogens is 2. The maximum atomic E-state index is 12.4. The van der Waals surface area contributed by atoms with Gasteiger partial charge in [-0.15, -0.1) is 0 Å². The standard InChI is InChI=1S/C8H12F2N2O3S/c1-6-3-2-4-12(7(6)11-5-13)16(14,15)8(9)10/h6-8H,2-4H2,1H3. The summed E-state index contributed by atoms with van der Waals surface area (Å²) in [6, 6.07) is 0. The molecule has 0 radical (unpaired) electrons. The Labute approximate surface area is 92.2 Å². The average molecular weight is 254 g/mol. The Morgan fingerprint density at radius 3 is 2.62 bits per heavy atom. The van der Waals surface area contributed by atoms with E-state index >= 15 is 0 Å². The van der Waals surface area contributed by atoms with Crippen molar-refractivity contribution in [1.29, 1.82) is 0 Å². The molecule has 0 aliphatic carbocycles. The molecule has 0 amide bonds. The van der Waals surface area contributed by atoms with Crippen molar-refractivity contribution in [2.75, 3.05) is 6.54 Å². The van der Waals surface area contributed by atoms with E-state index in [4.69, 9.17) is 0 Å². The second-order valence-corrected chi connectivity index (χ2v) is 5.53. The number of alkyl halides is 2. The van der Waals surface area contributed by atoms with E-state index in [2.05, 4.69) is 4.99 Å². The first-order valence-corrected chi connectivity index (χ1v) is 6.27. The molecule has 8 heteroatoms. The Morgan fingerprint density at radius 1 is 1.50 bits per heavy atom. The lowest BCUT2D eigenvalue weighted by molar-refractivity contribution is 0.164. The van der Waals surface area contributed by atoms with Crippen LogP contribution in [0.4, 0.5) is 8.78 Å². The summed E-state index contributed by atoms with van der Waals surface area (Å²) in [7, 11) is -4.68. The molecule has 1 saturated heterocycles. The highest BCUT2D eigenvalue weighted by molar-refractivity contribution is 7.89. The highest BCUT2D eigenvalue weighted by Crippen LogP contribution is 2.28. The zero-order valence-corrected chi connectivity index (χ0v) is 9.45. The van der Waals surface area contributed by atoms with E-state index in [1.54, 1.807) is 6.92 Å². The van der Waals surface area contributed by atoms with Crippen LogP contribution in [0.2, 0.25) is 0 Å². The van der Waals surface area contributed by atoms with Gasteiger partial charge < -0.3 is 0 Å². The van der Waals surface area contributed by atoms with E-state index in [0.29, 0.717) is 17.1 Å². The van der Waals surface area contributed by atoms with Crippen LogP contribution in [0.15, 0.2) is 4.99 Å². The highest BCUT2D eigenvalue weighted by Gasteiger charge is 2.41. The van der Waals surface area contributed by atoms with Gasteiger partial charge >= 0.3 is 5.76 Å². The van der Waals surface area contributed by atoms with Gasteiger partial charge in [-0.3, -0.25) is 0 Å². The van der Waals surface area contributed by atoms with Crippen molar-refractivity contribution >= 4 is 16.1 Å². The van der Waals surface area contributed by atoms with E-state index in [-0.39, 0.29) is 12.5 Å². The van der Waals surface area contributed by atoms with Crippen LogP contribution in [-0.2, 0) is 14.8 Å². The molecule has 2 atom stereocenters. The lowest BCUT2D eigenvalue weighted by Gasteiger charge is -2.34. The molecule has 1 fully saturated rings. The van der Waals surface area contributed by atoms with E-state index in [0.717, 1.165) is 0 Å². The van der Waals surface area contributed by atoms with Gasteiger partial charge in [0.15, 0.2) is 0 Å². The van der Waals surface area contributed by atoms with Crippen LogP contribution in [0, 0.1) is 5.92 Å². The number of isocyanates is 1. The van der Waals surface area contributed by atoms with Crippen LogP contribution in [0.3, 0.4) is 0 Å². The molecular weight excluding hydrogens is 242 g/mol. The Kier molecular flexibility index (Phi) is 4.12. The Hall–Kier alpha value is -0.850. The molecular formula is C8H12F2N2O3S. The molecule has 1 aliphatic rings. The fraction of sp³-hybridized carbons (Fsp3) is 0.875. The molecule has 2 unspecified atom stereocenters. The van der Waals surface area contributed by atoms with Gasteiger partial charge in [-0.1, -0.05) is 6.92 Å². The number of aliphatic imine (C=N–C) groups is 1. The van der Waals surface area contributed by atoms with Crippen molar-refractivity contribution < 1.29 is 22.0 Å². The van der Waals surface area contributed by atoms with Crippen molar-refractivity contribution in [2.45, 2.75) is 31.7 Å². The van der Waals surface area contributed by atoms with Crippen molar-refractivity contribution in [2.24, 2.45) is 10.9 Å². The smallest absolute Gasteiger partial charge is 0.211 e. The van der Waals surface area contributed by atoms with Crippen LogP contribution in [0.1, 0.15) is 19.8 Å². The lowest BCUT2D eigenvalue weighted by atomic mass is 9.98. The normalized spacial score (nSPS) is 27.8. The van der Waals surface area contributed by atoms with Crippen LogP contribution in [-0.4, -0.2) is 37.3 Å². The van der Waals surface area contributed by atoms with Crippen LogP contribution < -0.4 is 0 Å². The molecule has 0 aromatic heterocycles. The molecule has 0 aromatic rings. The summed E-state index contributed by atoms with van der Waals surface area (Å²) in [5.74, 6) is -3.74. The molecule has 0 aromatic carbocycles. The molecule has 5 nitrogen and oxygen atoms in total.